The molecule has 0 saturated carbocycles. The lowest BCUT2D eigenvalue weighted by atomic mass is 9.73. The summed E-state index contributed by atoms with van der Waals surface area (Å²) in [7, 11) is 0. The van der Waals surface area contributed by atoms with Crippen molar-refractivity contribution in [1.29, 1.82) is 0 Å². The molecule has 0 bridgehead atoms. The van der Waals surface area contributed by atoms with E-state index in [4.69, 9.17) is 9.84 Å². The highest BCUT2D eigenvalue weighted by Crippen LogP contribution is 2.35. The van der Waals surface area contributed by atoms with E-state index < -0.39 is 11.4 Å². The summed E-state index contributed by atoms with van der Waals surface area (Å²) in [4.78, 5) is 27.8. The van der Waals surface area contributed by atoms with Crippen LogP contribution < -0.4 is 5.32 Å². The number of nitrogens with zero attached hydrogens (tertiary/aromatic N) is 1. The summed E-state index contributed by atoms with van der Waals surface area (Å²) in [6, 6.07) is 6.15. The van der Waals surface area contributed by atoms with Crippen LogP contribution in [0.3, 0.4) is 0 Å². The number of carbonyl (C=O) groups excluding carboxylic acids is 1. The monoisotopic (exact) mass is 378 g/mol. The Labute approximate surface area is 154 Å². The van der Waals surface area contributed by atoms with Crippen LogP contribution in [0.15, 0.2) is 29.6 Å². The molecule has 1 aromatic heterocycles. The van der Waals surface area contributed by atoms with Crippen molar-refractivity contribution in [1.82, 2.24) is 10.3 Å². The molecule has 3 rings (SSSR count). The first-order valence-corrected chi connectivity index (χ1v) is 9.19. The number of aromatic carboxylic acids is 1. The zero-order chi connectivity index (χ0) is 18.6. The summed E-state index contributed by atoms with van der Waals surface area (Å²) in [6.45, 7) is 1.22. The molecule has 0 radical (unpaired) electrons. The summed E-state index contributed by atoms with van der Waals surface area (Å²) in [5.74, 6) is -1.60. The molecular formula is C18H19FN2O4S. The van der Waals surface area contributed by atoms with E-state index in [-0.39, 0.29) is 17.4 Å². The van der Waals surface area contributed by atoms with Gasteiger partial charge in [0, 0.05) is 31.6 Å². The van der Waals surface area contributed by atoms with Crippen LogP contribution in [-0.2, 0) is 21.4 Å². The topological polar surface area (TPSA) is 88.5 Å². The van der Waals surface area contributed by atoms with E-state index in [2.05, 4.69) is 10.3 Å². The number of amides is 1. The first kappa shape index (κ1) is 18.5. The molecule has 1 fully saturated rings. The Kier molecular flexibility index (Phi) is 5.63. The van der Waals surface area contributed by atoms with Crippen LogP contribution in [0, 0.1) is 5.82 Å². The molecular weight excluding hydrogens is 359 g/mol. The van der Waals surface area contributed by atoms with Crippen molar-refractivity contribution in [3.63, 3.8) is 0 Å². The van der Waals surface area contributed by atoms with E-state index in [9.17, 15) is 14.0 Å². The van der Waals surface area contributed by atoms with E-state index in [1.165, 1.54) is 28.8 Å². The number of carboxylic acid groups (broad SMARTS) is 1. The fraction of sp³-hybridized carbons (Fsp3) is 0.389. The quantitative estimate of drug-likeness (QED) is 0.806. The largest absolute Gasteiger partial charge is 0.476 e. The highest BCUT2D eigenvalue weighted by Gasteiger charge is 2.41. The molecule has 1 aromatic carbocycles. The molecule has 0 aliphatic carbocycles. The Morgan fingerprint density at radius 2 is 2.12 bits per heavy atom. The van der Waals surface area contributed by atoms with Crippen LogP contribution in [0.1, 0.15) is 33.9 Å². The lowest BCUT2D eigenvalue weighted by Crippen LogP contribution is -2.48. The second kappa shape index (κ2) is 7.92. The Hall–Kier alpha value is -2.32. The van der Waals surface area contributed by atoms with Crippen LogP contribution in [-0.4, -0.2) is 41.7 Å². The molecule has 8 heteroatoms. The summed E-state index contributed by atoms with van der Waals surface area (Å²) in [6.07, 6.45) is 1.42. The number of aromatic nitrogens is 1. The second-order valence-corrected chi connectivity index (χ2v) is 7.09. The maximum atomic E-state index is 13.7. The number of halogens is 1. The minimum Gasteiger partial charge on any atom is -0.476 e. The number of hydrogen-bond acceptors (Lipinski definition) is 5. The van der Waals surface area contributed by atoms with Crippen LogP contribution in [0.4, 0.5) is 4.39 Å². The summed E-state index contributed by atoms with van der Waals surface area (Å²) >= 11 is 1.25. The molecule has 0 spiro atoms. The van der Waals surface area contributed by atoms with Gasteiger partial charge in [-0.15, -0.1) is 11.3 Å². The van der Waals surface area contributed by atoms with E-state index >= 15 is 0 Å². The minimum atomic E-state index is -1.07. The Morgan fingerprint density at radius 3 is 2.77 bits per heavy atom. The summed E-state index contributed by atoms with van der Waals surface area (Å²) in [5.41, 5.74) is -0.146. The van der Waals surface area contributed by atoms with Gasteiger partial charge in [-0.25, -0.2) is 14.2 Å². The number of thiazole rings is 1. The van der Waals surface area contributed by atoms with Crippen molar-refractivity contribution in [2.45, 2.75) is 24.7 Å². The average molecular weight is 378 g/mol. The predicted molar refractivity (Wildman–Crippen MR) is 93.9 cm³/mol. The maximum Gasteiger partial charge on any atom is 0.355 e. The third kappa shape index (κ3) is 3.91. The first-order chi connectivity index (χ1) is 12.5. The number of nitrogens with one attached hydrogen (secondary N) is 1. The third-order valence-corrected chi connectivity index (χ3v) is 5.46. The van der Waals surface area contributed by atoms with Gasteiger partial charge in [-0.1, -0.05) is 12.1 Å². The van der Waals surface area contributed by atoms with Gasteiger partial charge >= 0.3 is 5.97 Å². The van der Waals surface area contributed by atoms with Crippen LogP contribution in [0.25, 0.3) is 0 Å². The standard InChI is InChI=1S/C18H19FN2O4S/c19-13-3-1-2-12(10-13)18(5-8-25-9-6-18)17(24)20-7-4-15-21-14(11-26-15)16(22)23/h1-3,10-11H,4-9H2,(H,20,24)(H,22,23). The van der Waals surface area contributed by atoms with Crippen LogP contribution in [0.5, 0.6) is 0 Å². The van der Waals surface area contributed by atoms with E-state index in [0.717, 1.165) is 0 Å². The number of ether oxygens (including phenoxy) is 1. The molecule has 1 amide bonds. The summed E-state index contributed by atoms with van der Waals surface area (Å²) in [5, 5.41) is 13.9. The van der Waals surface area contributed by atoms with Crippen molar-refractivity contribution >= 4 is 23.2 Å². The molecule has 26 heavy (non-hydrogen) atoms. The fourth-order valence-corrected chi connectivity index (χ4v) is 3.90. The van der Waals surface area contributed by atoms with Gasteiger partial charge in [0.25, 0.3) is 0 Å². The van der Waals surface area contributed by atoms with Gasteiger partial charge < -0.3 is 15.2 Å². The van der Waals surface area contributed by atoms with Gasteiger partial charge in [-0.05, 0) is 30.5 Å². The number of carboxylic acids is 1. The molecule has 0 atom stereocenters. The molecule has 138 valence electrons. The van der Waals surface area contributed by atoms with Crippen molar-refractivity contribution in [3.05, 3.63) is 51.7 Å². The molecule has 2 N–H and O–H groups in total. The smallest absolute Gasteiger partial charge is 0.355 e. The maximum absolute atomic E-state index is 13.7. The Balaban J connectivity index is 1.69. The zero-order valence-corrected chi connectivity index (χ0v) is 14.9. The molecule has 0 unspecified atom stereocenters. The molecule has 6 nitrogen and oxygen atoms in total. The Bertz CT molecular complexity index is 802. The van der Waals surface area contributed by atoms with Crippen molar-refractivity contribution in [2.75, 3.05) is 19.8 Å². The van der Waals surface area contributed by atoms with Crippen molar-refractivity contribution < 1.29 is 23.8 Å². The normalized spacial score (nSPS) is 16.2. The van der Waals surface area contributed by atoms with Crippen LogP contribution in [0.2, 0.25) is 0 Å². The lowest BCUT2D eigenvalue weighted by Gasteiger charge is -2.36. The third-order valence-electron chi connectivity index (χ3n) is 4.55. The van der Waals surface area contributed by atoms with E-state index in [1.54, 1.807) is 12.1 Å². The van der Waals surface area contributed by atoms with Gasteiger partial charge in [0.05, 0.1) is 10.4 Å². The minimum absolute atomic E-state index is 0.0111. The van der Waals surface area contributed by atoms with Gasteiger partial charge in [0.15, 0.2) is 5.69 Å². The highest BCUT2D eigenvalue weighted by atomic mass is 32.1. The highest BCUT2D eigenvalue weighted by molar-refractivity contribution is 7.09. The predicted octanol–water partition coefficient (Wildman–Crippen LogP) is 2.39. The molecule has 1 saturated heterocycles. The number of carbonyl (C=O) groups is 2. The number of benzene rings is 1. The van der Waals surface area contributed by atoms with Gasteiger partial charge in [0.2, 0.25) is 5.91 Å². The van der Waals surface area contributed by atoms with Gasteiger partial charge in [0.1, 0.15) is 5.82 Å². The number of hydrogen-bond donors (Lipinski definition) is 2. The van der Waals surface area contributed by atoms with Gasteiger partial charge in [-0.2, -0.15) is 0 Å². The Morgan fingerprint density at radius 1 is 1.35 bits per heavy atom. The molecule has 1 aliphatic rings. The van der Waals surface area contributed by atoms with Crippen molar-refractivity contribution in [2.24, 2.45) is 0 Å². The van der Waals surface area contributed by atoms with Gasteiger partial charge in [-0.3, -0.25) is 4.79 Å². The lowest BCUT2D eigenvalue weighted by molar-refractivity contribution is -0.130. The average Bonchev–Trinajstić information content (AvgIpc) is 3.11. The summed E-state index contributed by atoms with van der Waals surface area (Å²) < 4.78 is 19.1. The molecule has 2 aromatic rings. The SMILES string of the molecule is O=C(O)c1csc(CCNC(=O)C2(c3cccc(F)c3)CCOCC2)n1. The first-order valence-electron chi connectivity index (χ1n) is 8.31. The van der Waals surface area contributed by atoms with Crippen molar-refractivity contribution in [3.8, 4) is 0 Å². The zero-order valence-electron chi connectivity index (χ0n) is 14.0. The number of rotatable bonds is 6. The molecule has 1 aliphatic heterocycles. The van der Waals surface area contributed by atoms with Crippen LogP contribution >= 0.6 is 11.3 Å². The second-order valence-electron chi connectivity index (χ2n) is 6.14. The van der Waals surface area contributed by atoms with E-state index in [1.807, 2.05) is 0 Å². The molecule has 2 heterocycles. The fourth-order valence-electron chi connectivity index (χ4n) is 3.13. The van der Waals surface area contributed by atoms with E-state index in [0.29, 0.717) is 49.6 Å².